The van der Waals surface area contributed by atoms with Gasteiger partial charge in [-0.25, -0.2) is 0 Å². The third-order valence-electron chi connectivity index (χ3n) is 14.4. The van der Waals surface area contributed by atoms with Crippen LogP contribution in [-0.2, 0) is 0 Å². The number of unbranched alkanes of at least 4 members (excludes halogenated alkanes) is 40. The van der Waals surface area contributed by atoms with Gasteiger partial charge in [-0.15, -0.1) is 0 Å². The Balaban J connectivity index is 1.78. The van der Waals surface area contributed by atoms with Crippen molar-refractivity contribution in [2.75, 3.05) is 0 Å². The molecular weight excluding hydrogens is 845 g/mol. The van der Waals surface area contributed by atoms with Crippen LogP contribution in [-0.4, -0.2) is 11.4 Å². The first kappa shape index (κ1) is 63.0. The summed E-state index contributed by atoms with van der Waals surface area (Å²) in [5, 5.41) is 0. The maximum atomic E-state index is 5.35. The average Bonchev–Trinajstić information content (AvgIpc) is 3.37. The van der Waals surface area contributed by atoms with E-state index < -0.39 is 0 Å². The molecule has 0 amide bonds. The van der Waals surface area contributed by atoms with Crippen molar-refractivity contribution in [1.29, 1.82) is 0 Å². The minimum atomic E-state index is 0.942. The van der Waals surface area contributed by atoms with Gasteiger partial charge in [-0.2, -0.15) is 0 Å². The molecule has 0 aliphatic heterocycles. The molecule has 394 valence electrons. The van der Waals surface area contributed by atoms with Crippen molar-refractivity contribution in [3.8, 4) is 23.7 Å². The molecule has 2 aromatic carbocycles. The summed E-state index contributed by atoms with van der Waals surface area (Å²) in [6.07, 6.45) is 61.7. The lowest BCUT2D eigenvalue weighted by atomic mass is 10.0. The summed E-state index contributed by atoms with van der Waals surface area (Å²) >= 11 is 0. The van der Waals surface area contributed by atoms with Crippen molar-refractivity contribution >= 4 is 22.8 Å². The molecule has 2 nitrogen and oxygen atoms in total. The smallest absolute Gasteiger partial charge is 0.0646 e. The van der Waals surface area contributed by atoms with Gasteiger partial charge in [-0.3, -0.25) is 9.98 Å². The van der Waals surface area contributed by atoms with Gasteiger partial charge in [0.15, 0.2) is 0 Å². The number of nitrogens with zero attached hydrogens (tertiary/aromatic N) is 2. The fourth-order valence-electron chi connectivity index (χ4n) is 9.77. The fourth-order valence-corrected chi connectivity index (χ4v) is 9.77. The molecule has 0 N–H and O–H groups in total. The van der Waals surface area contributed by atoms with Crippen LogP contribution in [0.15, 0.2) is 58.5 Å². The van der Waals surface area contributed by atoms with Crippen LogP contribution < -0.4 is 0 Å². The van der Waals surface area contributed by atoms with E-state index in [0.717, 1.165) is 78.9 Å². The highest BCUT2D eigenvalue weighted by Crippen LogP contribution is 2.22. The Morgan fingerprint density at radius 1 is 0.300 bits per heavy atom. The van der Waals surface area contributed by atoms with Crippen molar-refractivity contribution in [3.05, 3.63) is 59.7 Å². The van der Waals surface area contributed by atoms with Crippen molar-refractivity contribution < 1.29 is 0 Å². The highest BCUT2D eigenvalue weighted by atomic mass is 14.8. The van der Waals surface area contributed by atoms with Crippen molar-refractivity contribution in [3.63, 3.8) is 0 Å². The molecule has 0 saturated carbocycles. The minimum absolute atomic E-state index is 0.942. The summed E-state index contributed by atoms with van der Waals surface area (Å²) in [7, 11) is 0. The predicted molar refractivity (Wildman–Crippen MR) is 316 cm³/mol. The van der Waals surface area contributed by atoms with Crippen molar-refractivity contribution in [1.82, 2.24) is 0 Å². The Kier molecular flexibility index (Phi) is 44.5. The Hall–Kier alpha value is -3.10. The van der Waals surface area contributed by atoms with E-state index in [4.69, 9.17) is 9.98 Å². The molecule has 0 radical (unpaired) electrons. The van der Waals surface area contributed by atoms with Gasteiger partial charge in [-0.1, -0.05) is 308 Å². The molecule has 2 rings (SSSR count). The number of rotatable bonds is 47. The van der Waals surface area contributed by atoms with Crippen LogP contribution in [0.3, 0.4) is 0 Å². The van der Waals surface area contributed by atoms with Gasteiger partial charge in [0.25, 0.3) is 0 Å². The molecule has 0 aromatic heterocycles. The van der Waals surface area contributed by atoms with E-state index in [0.29, 0.717) is 0 Å². The Morgan fingerprint density at radius 3 is 0.857 bits per heavy atom. The zero-order valence-corrected chi connectivity index (χ0v) is 47.0. The Morgan fingerprint density at radius 2 is 0.557 bits per heavy atom. The summed E-state index contributed by atoms with van der Waals surface area (Å²) in [5.74, 6) is 13.9. The molecule has 0 fully saturated rings. The van der Waals surface area contributed by atoms with Gasteiger partial charge in [0, 0.05) is 24.0 Å². The summed E-state index contributed by atoms with van der Waals surface area (Å²) < 4.78 is 0. The number of hydrogen-bond donors (Lipinski definition) is 0. The second-order valence-corrected chi connectivity index (χ2v) is 21.3. The van der Waals surface area contributed by atoms with Crippen molar-refractivity contribution in [2.45, 2.75) is 323 Å². The maximum absolute atomic E-state index is 5.35. The summed E-state index contributed by atoms with van der Waals surface area (Å²) in [4.78, 5) is 10.7. The third kappa shape index (κ3) is 38.6. The molecule has 0 spiro atoms. The second kappa shape index (κ2) is 49.5. The molecule has 70 heavy (non-hydrogen) atoms. The predicted octanol–water partition coefficient (Wildman–Crippen LogP) is 23.3. The van der Waals surface area contributed by atoms with Crippen LogP contribution in [0.5, 0.6) is 0 Å². The van der Waals surface area contributed by atoms with Crippen LogP contribution in [0.4, 0.5) is 11.4 Å². The quantitative estimate of drug-likeness (QED) is 0.0359. The normalized spacial score (nSPS) is 11.7. The molecule has 0 saturated heterocycles. The summed E-state index contributed by atoms with van der Waals surface area (Å²) in [6.45, 7) is 9.17. The van der Waals surface area contributed by atoms with Gasteiger partial charge in [-0.05, 0) is 74.9 Å². The van der Waals surface area contributed by atoms with E-state index in [1.54, 1.807) is 0 Å². The van der Waals surface area contributed by atoms with Gasteiger partial charge >= 0.3 is 0 Å². The largest absolute Gasteiger partial charge is 0.252 e. The summed E-state index contributed by atoms with van der Waals surface area (Å²) in [6, 6.07) is 17.2. The number of benzene rings is 2. The number of hydrogen-bond acceptors (Lipinski definition) is 2. The third-order valence-corrected chi connectivity index (χ3v) is 14.4. The average molecular weight is 958 g/mol. The molecule has 0 unspecified atom stereocenters. The van der Waals surface area contributed by atoms with E-state index in [1.807, 2.05) is 0 Å². The van der Waals surface area contributed by atoms with Crippen LogP contribution in [0.1, 0.15) is 334 Å². The van der Waals surface area contributed by atoms with E-state index in [1.165, 1.54) is 250 Å². The molecule has 0 atom stereocenters. The molecule has 2 aromatic rings. The lowest BCUT2D eigenvalue weighted by Crippen LogP contribution is -2.14. The zero-order valence-electron chi connectivity index (χ0n) is 47.0. The topological polar surface area (TPSA) is 24.7 Å². The van der Waals surface area contributed by atoms with Gasteiger partial charge in [0.1, 0.15) is 0 Å². The number of aliphatic imine (C=N–C) groups is 2. The molecule has 2 heteroatoms. The molecule has 0 bridgehead atoms. The van der Waals surface area contributed by atoms with Gasteiger partial charge in [0.2, 0.25) is 0 Å². The first-order valence-corrected chi connectivity index (χ1v) is 31.0. The first-order valence-electron chi connectivity index (χ1n) is 31.0. The highest BCUT2D eigenvalue weighted by Gasteiger charge is 2.11. The van der Waals surface area contributed by atoms with Crippen LogP contribution in [0.25, 0.3) is 0 Å². The van der Waals surface area contributed by atoms with E-state index >= 15 is 0 Å². The van der Waals surface area contributed by atoms with E-state index in [2.05, 4.69) is 99.9 Å². The molecule has 0 aliphatic carbocycles. The lowest BCUT2D eigenvalue weighted by molar-refractivity contribution is 0.525. The SMILES string of the molecule is CCCCCCCCCCCCCCCCCCCCC#Cc1cccc(N=C(CCCC)C(CCCCCC)=Nc2cccc(C#CCCCCCCCCCCCCCCCCCCCC)c2)c1. The van der Waals surface area contributed by atoms with Crippen LogP contribution in [0, 0.1) is 23.7 Å². The maximum Gasteiger partial charge on any atom is 0.0646 e. The molecule has 0 heterocycles. The van der Waals surface area contributed by atoms with Gasteiger partial charge in [0.05, 0.1) is 22.8 Å². The highest BCUT2D eigenvalue weighted by molar-refractivity contribution is 6.43. The minimum Gasteiger partial charge on any atom is -0.252 e. The van der Waals surface area contributed by atoms with Crippen molar-refractivity contribution in [2.24, 2.45) is 9.98 Å². The Labute approximate surface area is 437 Å². The first-order chi connectivity index (χ1) is 34.7. The van der Waals surface area contributed by atoms with Crippen LogP contribution >= 0.6 is 0 Å². The summed E-state index contributed by atoms with van der Waals surface area (Å²) in [5.41, 5.74) is 6.39. The molecule has 0 aliphatic rings. The monoisotopic (exact) mass is 957 g/mol. The lowest BCUT2D eigenvalue weighted by Gasteiger charge is -2.12. The van der Waals surface area contributed by atoms with Gasteiger partial charge < -0.3 is 0 Å². The Bertz CT molecular complexity index is 1660. The van der Waals surface area contributed by atoms with E-state index in [9.17, 15) is 0 Å². The standard InChI is InChI=1S/C68H112N2/c1-5-9-13-16-18-20-22-24-26-28-30-32-34-36-38-40-42-44-46-48-53-63-55-51-57-65(61-63)69-67(59-12-8-4)68(60-50-15-11-7-3)70-66-58-52-56-64(62-66)54-49-47-45-43-41-39-37-35-33-31-29-27-25-23-21-19-17-14-10-6-2/h51-52,55-58,61-62H,5-47,50,59-60H2,1-4H3. The van der Waals surface area contributed by atoms with Crippen LogP contribution in [0.2, 0.25) is 0 Å². The van der Waals surface area contributed by atoms with E-state index in [-0.39, 0.29) is 0 Å². The zero-order chi connectivity index (χ0) is 49.9. The fraction of sp³-hybridized carbons (Fsp3) is 0.735. The molecular formula is C68H112N2. The second-order valence-electron chi connectivity index (χ2n) is 21.3.